The number of rotatable bonds is 1. The molecule has 73 valence electrons. The summed E-state index contributed by atoms with van der Waals surface area (Å²) in [5.41, 5.74) is 1.50. The van der Waals surface area contributed by atoms with Gasteiger partial charge in [-0.2, -0.15) is 0 Å². The molecular formula is C12H10InO2. The molecule has 0 fully saturated rings. The van der Waals surface area contributed by atoms with Gasteiger partial charge in [0.15, 0.2) is 0 Å². The van der Waals surface area contributed by atoms with Gasteiger partial charge < -0.3 is 5.11 Å². The van der Waals surface area contributed by atoms with Crippen molar-refractivity contribution in [2.24, 2.45) is 0 Å². The Balaban J connectivity index is 0.00000112. The van der Waals surface area contributed by atoms with E-state index in [1.807, 2.05) is 31.2 Å². The van der Waals surface area contributed by atoms with Crippen molar-refractivity contribution in [3.05, 3.63) is 47.5 Å². The second kappa shape index (κ2) is 4.71. The second-order valence-corrected chi connectivity index (χ2v) is 3.32. The molecule has 3 radical (unpaired) electrons. The number of hydrogen-bond acceptors (Lipinski definition) is 1. The average molecular weight is 301 g/mol. The molecule has 0 amide bonds. The maximum atomic E-state index is 10.7. The zero-order valence-electron chi connectivity index (χ0n) is 8.40. The van der Waals surface area contributed by atoms with E-state index >= 15 is 0 Å². The summed E-state index contributed by atoms with van der Waals surface area (Å²) in [6.07, 6.45) is 0. The summed E-state index contributed by atoms with van der Waals surface area (Å²) >= 11 is 0. The van der Waals surface area contributed by atoms with Crippen LogP contribution in [-0.4, -0.2) is 36.9 Å². The van der Waals surface area contributed by atoms with Crippen LogP contribution in [0.1, 0.15) is 15.9 Å². The van der Waals surface area contributed by atoms with Crippen LogP contribution < -0.4 is 0 Å². The van der Waals surface area contributed by atoms with Crippen molar-refractivity contribution in [1.82, 2.24) is 0 Å². The van der Waals surface area contributed by atoms with Crippen molar-refractivity contribution in [2.75, 3.05) is 0 Å². The van der Waals surface area contributed by atoms with Crippen LogP contribution in [0.2, 0.25) is 0 Å². The van der Waals surface area contributed by atoms with Crippen molar-refractivity contribution < 1.29 is 9.90 Å². The number of carbonyl (C=O) groups is 1. The fourth-order valence-corrected chi connectivity index (χ4v) is 1.58. The fourth-order valence-electron chi connectivity index (χ4n) is 1.58. The Kier molecular flexibility index (Phi) is 3.80. The Labute approximate surface area is 107 Å². The maximum absolute atomic E-state index is 10.7. The fraction of sp³-hybridized carbons (Fsp3) is 0.0833. The molecule has 0 heterocycles. The zero-order valence-corrected chi connectivity index (χ0v) is 11.7. The molecule has 0 aliphatic carbocycles. The van der Waals surface area contributed by atoms with E-state index in [4.69, 9.17) is 5.11 Å². The summed E-state index contributed by atoms with van der Waals surface area (Å²) < 4.78 is 0. The molecule has 0 saturated carbocycles. The predicted octanol–water partition coefficient (Wildman–Crippen LogP) is 2.47. The van der Waals surface area contributed by atoms with Crippen LogP contribution in [0.3, 0.4) is 0 Å². The number of carboxylic acid groups (broad SMARTS) is 1. The van der Waals surface area contributed by atoms with E-state index in [0.29, 0.717) is 5.56 Å². The monoisotopic (exact) mass is 301 g/mol. The number of aryl methyl sites for hydroxylation is 1. The smallest absolute Gasteiger partial charge is 0.335 e. The van der Waals surface area contributed by atoms with E-state index in [2.05, 4.69) is 0 Å². The van der Waals surface area contributed by atoms with E-state index in [1.54, 1.807) is 12.1 Å². The van der Waals surface area contributed by atoms with Crippen LogP contribution >= 0.6 is 0 Å². The van der Waals surface area contributed by atoms with Crippen LogP contribution in [0.15, 0.2) is 36.4 Å². The van der Waals surface area contributed by atoms with E-state index in [-0.39, 0.29) is 25.8 Å². The first-order valence-electron chi connectivity index (χ1n) is 4.41. The van der Waals surface area contributed by atoms with E-state index in [0.717, 1.165) is 10.8 Å². The van der Waals surface area contributed by atoms with Crippen molar-refractivity contribution in [1.29, 1.82) is 0 Å². The van der Waals surface area contributed by atoms with Crippen molar-refractivity contribution in [3.63, 3.8) is 0 Å². The van der Waals surface area contributed by atoms with Crippen LogP contribution in [-0.2, 0) is 0 Å². The Hall–Kier alpha value is -0.960. The summed E-state index contributed by atoms with van der Waals surface area (Å²) in [5, 5.41) is 10.9. The number of carboxylic acids is 1. The minimum Gasteiger partial charge on any atom is -0.478 e. The van der Waals surface area contributed by atoms with E-state index in [1.165, 1.54) is 5.56 Å². The van der Waals surface area contributed by atoms with Gasteiger partial charge in [0.2, 0.25) is 0 Å². The summed E-state index contributed by atoms with van der Waals surface area (Å²) in [4.78, 5) is 10.7. The van der Waals surface area contributed by atoms with Crippen LogP contribution in [0.5, 0.6) is 0 Å². The molecule has 0 spiro atoms. The van der Waals surface area contributed by atoms with Gasteiger partial charge in [-0.3, -0.25) is 0 Å². The molecule has 2 nitrogen and oxygen atoms in total. The van der Waals surface area contributed by atoms with Crippen LogP contribution in [0.25, 0.3) is 10.8 Å². The SMILES string of the molecule is Cc1cccc2cc(C(=O)O)ccc12.[In]. The molecule has 0 bridgehead atoms. The molecule has 0 unspecified atom stereocenters. The molecule has 2 aromatic rings. The summed E-state index contributed by atoms with van der Waals surface area (Å²) in [5.74, 6) is -0.881. The summed E-state index contributed by atoms with van der Waals surface area (Å²) in [6, 6.07) is 11.1. The number of fused-ring (bicyclic) bond motifs is 1. The molecule has 3 heteroatoms. The van der Waals surface area contributed by atoms with Crippen molar-refractivity contribution in [3.8, 4) is 0 Å². The Morgan fingerprint density at radius 2 is 1.93 bits per heavy atom. The average Bonchev–Trinajstić information content (AvgIpc) is 2.17. The Morgan fingerprint density at radius 3 is 2.60 bits per heavy atom. The van der Waals surface area contributed by atoms with Gasteiger partial charge in [0.1, 0.15) is 0 Å². The molecule has 0 aromatic heterocycles. The summed E-state index contributed by atoms with van der Waals surface area (Å²) in [7, 11) is 0. The molecule has 2 rings (SSSR count). The van der Waals surface area contributed by atoms with Gasteiger partial charge in [0.25, 0.3) is 0 Å². The topological polar surface area (TPSA) is 37.3 Å². The Morgan fingerprint density at radius 1 is 1.20 bits per heavy atom. The number of benzene rings is 2. The standard InChI is InChI=1S/C12H10O2.In/c1-8-3-2-4-9-7-10(12(13)14)5-6-11(8)9;/h2-7H,1H3,(H,13,14);. The quantitative estimate of drug-likeness (QED) is 0.878. The predicted molar refractivity (Wildman–Crippen MR) is 61.4 cm³/mol. The van der Waals surface area contributed by atoms with Gasteiger partial charge in [-0.15, -0.1) is 0 Å². The van der Waals surface area contributed by atoms with Gasteiger partial charge >= 0.3 is 5.97 Å². The number of aromatic carboxylic acids is 1. The molecule has 0 aliphatic heterocycles. The minimum atomic E-state index is -0.881. The Bertz CT molecular complexity index is 506. The molecule has 2 aromatic carbocycles. The first kappa shape index (κ1) is 12.1. The van der Waals surface area contributed by atoms with Crippen LogP contribution in [0, 0.1) is 6.92 Å². The first-order chi connectivity index (χ1) is 6.68. The zero-order chi connectivity index (χ0) is 10.1. The molecule has 0 atom stereocenters. The second-order valence-electron chi connectivity index (χ2n) is 3.32. The minimum absolute atomic E-state index is 0. The third-order valence-electron chi connectivity index (χ3n) is 2.35. The molecule has 15 heavy (non-hydrogen) atoms. The van der Waals surface area contributed by atoms with Crippen molar-refractivity contribution in [2.45, 2.75) is 6.92 Å². The van der Waals surface area contributed by atoms with Crippen LogP contribution in [0.4, 0.5) is 0 Å². The molecule has 0 aliphatic rings. The van der Waals surface area contributed by atoms with Gasteiger partial charge in [0.05, 0.1) is 5.56 Å². The normalized spacial score (nSPS) is 9.67. The molecule has 0 saturated heterocycles. The third-order valence-corrected chi connectivity index (χ3v) is 2.35. The van der Waals surface area contributed by atoms with E-state index < -0.39 is 5.97 Å². The largest absolute Gasteiger partial charge is 0.478 e. The van der Waals surface area contributed by atoms with Gasteiger partial charge in [0, 0.05) is 25.8 Å². The first-order valence-corrected chi connectivity index (χ1v) is 4.41. The summed E-state index contributed by atoms with van der Waals surface area (Å²) in [6.45, 7) is 2.02. The van der Waals surface area contributed by atoms with Gasteiger partial charge in [-0.1, -0.05) is 24.3 Å². The third kappa shape index (κ3) is 2.34. The maximum Gasteiger partial charge on any atom is 0.335 e. The van der Waals surface area contributed by atoms with Crippen molar-refractivity contribution >= 4 is 42.6 Å². The van der Waals surface area contributed by atoms with Gasteiger partial charge in [-0.25, -0.2) is 4.79 Å². The molecular weight excluding hydrogens is 291 g/mol. The van der Waals surface area contributed by atoms with Gasteiger partial charge in [-0.05, 0) is 35.4 Å². The molecule has 1 N–H and O–H groups in total. The number of hydrogen-bond donors (Lipinski definition) is 1. The van der Waals surface area contributed by atoms with E-state index in [9.17, 15) is 4.79 Å².